The summed E-state index contributed by atoms with van der Waals surface area (Å²) in [5.41, 5.74) is 11.1. The van der Waals surface area contributed by atoms with Gasteiger partial charge in [0.15, 0.2) is 0 Å². The van der Waals surface area contributed by atoms with Gasteiger partial charge in [0.1, 0.15) is 5.82 Å². The van der Waals surface area contributed by atoms with E-state index in [0.717, 1.165) is 39.2 Å². The highest BCUT2D eigenvalue weighted by Crippen LogP contribution is 2.33. The molecule has 0 spiro atoms. The van der Waals surface area contributed by atoms with Crippen LogP contribution in [0.4, 0.5) is 11.5 Å². The summed E-state index contributed by atoms with van der Waals surface area (Å²) >= 11 is 0. The zero-order chi connectivity index (χ0) is 16.8. The number of benzene rings is 1. The van der Waals surface area contributed by atoms with E-state index in [-0.39, 0.29) is 0 Å². The maximum absolute atomic E-state index is 5.71. The van der Waals surface area contributed by atoms with Gasteiger partial charge < -0.3 is 21.4 Å². The molecule has 0 saturated heterocycles. The summed E-state index contributed by atoms with van der Waals surface area (Å²) in [5, 5.41) is 7.48. The van der Waals surface area contributed by atoms with Crippen LogP contribution in [-0.2, 0) is 6.54 Å². The van der Waals surface area contributed by atoms with Gasteiger partial charge >= 0.3 is 0 Å². The van der Waals surface area contributed by atoms with Crippen molar-refractivity contribution in [2.24, 2.45) is 5.73 Å². The molecule has 0 aliphatic carbocycles. The molecule has 23 heavy (non-hydrogen) atoms. The van der Waals surface area contributed by atoms with E-state index in [1.165, 1.54) is 0 Å². The Balaban J connectivity index is 0.000000924. The van der Waals surface area contributed by atoms with Gasteiger partial charge in [0.2, 0.25) is 0 Å². The van der Waals surface area contributed by atoms with Crippen LogP contribution in [0.3, 0.4) is 0 Å². The van der Waals surface area contributed by atoms with Gasteiger partial charge in [0, 0.05) is 49.0 Å². The molecule has 0 saturated carbocycles. The molecule has 0 amide bonds. The van der Waals surface area contributed by atoms with Crippen molar-refractivity contribution < 1.29 is 0 Å². The summed E-state index contributed by atoms with van der Waals surface area (Å²) in [6.45, 7) is 4.55. The van der Waals surface area contributed by atoms with Gasteiger partial charge in [-0.1, -0.05) is 19.9 Å². The summed E-state index contributed by atoms with van der Waals surface area (Å²) in [6.07, 6.45) is 1.80. The average Bonchev–Trinajstić information content (AvgIpc) is 3.05. The number of aromatic amines is 1. The van der Waals surface area contributed by atoms with Crippen LogP contribution in [0.2, 0.25) is 0 Å². The molecule has 0 fully saturated rings. The third kappa shape index (κ3) is 3.29. The molecule has 5 heteroatoms. The lowest BCUT2D eigenvalue weighted by atomic mass is 10.1. The molecular formula is C18H25N5. The summed E-state index contributed by atoms with van der Waals surface area (Å²) in [7, 11) is 3.77. The van der Waals surface area contributed by atoms with E-state index in [4.69, 9.17) is 5.73 Å². The number of aromatic nitrogens is 2. The summed E-state index contributed by atoms with van der Waals surface area (Å²) in [6, 6.07) is 10.4. The van der Waals surface area contributed by atoms with Crippen molar-refractivity contribution in [3.05, 3.63) is 42.1 Å². The Bertz CT molecular complexity index is 776. The second-order valence-electron chi connectivity index (χ2n) is 4.89. The van der Waals surface area contributed by atoms with Crippen molar-refractivity contribution in [3.63, 3.8) is 0 Å². The average molecular weight is 311 g/mol. The Hall–Kier alpha value is -2.53. The Morgan fingerprint density at radius 3 is 2.52 bits per heavy atom. The maximum Gasteiger partial charge on any atom is 0.149 e. The molecule has 0 unspecified atom stereocenters. The standard InChI is InChI=1S/C16H19N5.C2H6/c1-18-15-12(5-6-20-16(15)19-2)14-8-11-7-10(9-17)3-4-13(11)21-14;1-2/h3-8,18,21H,9,17H2,1-2H3,(H,19,20);1-2H3. The van der Waals surface area contributed by atoms with Crippen molar-refractivity contribution in [2.45, 2.75) is 20.4 Å². The van der Waals surface area contributed by atoms with Crippen molar-refractivity contribution in [2.75, 3.05) is 24.7 Å². The van der Waals surface area contributed by atoms with E-state index in [0.29, 0.717) is 6.54 Å². The van der Waals surface area contributed by atoms with Crippen LogP contribution >= 0.6 is 0 Å². The molecule has 3 aromatic rings. The summed E-state index contributed by atoms with van der Waals surface area (Å²) in [5.74, 6) is 0.830. The smallest absolute Gasteiger partial charge is 0.149 e. The van der Waals surface area contributed by atoms with Gasteiger partial charge in [-0.3, -0.25) is 0 Å². The molecule has 122 valence electrons. The largest absolute Gasteiger partial charge is 0.385 e. The number of hydrogen-bond donors (Lipinski definition) is 4. The van der Waals surface area contributed by atoms with E-state index in [1.807, 2.05) is 40.1 Å². The molecule has 1 aromatic carbocycles. The molecule has 5 N–H and O–H groups in total. The van der Waals surface area contributed by atoms with Gasteiger partial charge in [0.25, 0.3) is 0 Å². The molecular weight excluding hydrogens is 286 g/mol. The van der Waals surface area contributed by atoms with Crippen molar-refractivity contribution in [3.8, 4) is 11.3 Å². The number of nitrogens with one attached hydrogen (secondary N) is 3. The molecule has 2 heterocycles. The van der Waals surface area contributed by atoms with Crippen LogP contribution in [0.15, 0.2) is 36.5 Å². The predicted molar refractivity (Wildman–Crippen MR) is 99.9 cm³/mol. The minimum atomic E-state index is 0.553. The second kappa shape index (κ2) is 7.65. The highest BCUT2D eigenvalue weighted by molar-refractivity contribution is 5.91. The number of nitrogens with zero attached hydrogens (tertiary/aromatic N) is 1. The van der Waals surface area contributed by atoms with Crippen molar-refractivity contribution >= 4 is 22.4 Å². The number of anilines is 2. The quantitative estimate of drug-likeness (QED) is 0.591. The Morgan fingerprint density at radius 2 is 1.87 bits per heavy atom. The lowest BCUT2D eigenvalue weighted by molar-refractivity contribution is 1.08. The third-order valence-electron chi connectivity index (χ3n) is 3.65. The first kappa shape index (κ1) is 16.8. The zero-order valence-electron chi connectivity index (χ0n) is 14.2. The molecule has 2 aromatic heterocycles. The predicted octanol–water partition coefficient (Wildman–Crippen LogP) is 3.80. The molecule has 0 radical (unpaired) electrons. The van der Waals surface area contributed by atoms with Crippen LogP contribution in [0.5, 0.6) is 0 Å². The lowest BCUT2D eigenvalue weighted by Gasteiger charge is -2.11. The lowest BCUT2D eigenvalue weighted by Crippen LogP contribution is -2.01. The first-order valence-electron chi connectivity index (χ1n) is 7.93. The highest BCUT2D eigenvalue weighted by Gasteiger charge is 2.11. The molecule has 0 bridgehead atoms. The maximum atomic E-state index is 5.71. The molecule has 0 atom stereocenters. The summed E-state index contributed by atoms with van der Waals surface area (Å²) in [4.78, 5) is 7.78. The SMILES string of the molecule is CC.CNc1nccc(-c2cc3cc(CN)ccc3[nH]2)c1NC. The highest BCUT2D eigenvalue weighted by atomic mass is 15.0. The van der Waals surface area contributed by atoms with E-state index in [1.54, 1.807) is 6.20 Å². The van der Waals surface area contributed by atoms with Crippen molar-refractivity contribution in [1.29, 1.82) is 0 Å². The van der Waals surface area contributed by atoms with Gasteiger partial charge in [-0.05, 0) is 29.8 Å². The first-order chi connectivity index (χ1) is 11.3. The van der Waals surface area contributed by atoms with Gasteiger partial charge in [-0.25, -0.2) is 4.98 Å². The molecule has 0 aliphatic rings. The molecule has 5 nitrogen and oxygen atoms in total. The van der Waals surface area contributed by atoms with Crippen LogP contribution in [0.25, 0.3) is 22.2 Å². The Labute approximate surface area is 137 Å². The van der Waals surface area contributed by atoms with E-state index >= 15 is 0 Å². The van der Waals surface area contributed by atoms with E-state index in [2.05, 4.69) is 38.8 Å². The van der Waals surface area contributed by atoms with Crippen LogP contribution < -0.4 is 16.4 Å². The monoisotopic (exact) mass is 311 g/mol. The number of hydrogen-bond acceptors (Lipinski definition) is 4. The zero-order valence-corrected chi connectivity index (χ0v) is 14.2. The van der Waals surface area contributed by atoms with E-state index < -0.39 is 0 Å². The Morgan fingerprint density at radius 1 is 1.09 bits per heavy atom. The van der Waals surface area contributed by atoms with Crippen molar-refractivity contribution in [1.82, 2.24) is 9.97 Å². The second-order valence-corrected chi connectivity index (χ2v) is 4.89. The van der Waals surface area contributed by atoms with Crippen LogP contribution in [0.1, 0.15) is 19.4 Å². The fourth-order valence-electron chi connectivity index (χ4n) is 2.58. The van der Waals surface area contributed by atoms with Gasteiger partial charge in [0.05, 0.1) is 5.69 Å². The fourth-order valence-corrected chi connectivity index (χ4v) is 2.58. The van der Waals surface area contributed by atoms with E-state index in [9.17, 15) is 0 Å². The first-order valence-corrected chi connectivity index (χ1v) is 7.93. The minimum absolute atomic E-state index is 0.553. The van der Waals surface area contributed by atoms with Gasteiger partial charge in [-0.2, -0.15) is 0 Å². The molecule has 0 aliphatic heterocycles. The topological polar surface area (TPSA) is 78.8 Å². The van der Waals surface area contributed by atoms with Crippen LogP contribution in [-0.4, -0.2) is 24.1 Å². The normalized spacial score (nSPS) is 10.1. The molecule has 3 rings (SSSR count). The van der Waals surface area contributed by atoms with Gasteiger partial charge in [-0.15, -0.1) is 0 Å². The number of rotatable bonds is 4. The summed E-state index contributed by atoms with van der Waals surface area (Å²) < 4.78 is 0. The number of pyridine rings is 1. The number of H-pyrrole nitrogens is 1. The minimum Gasteiger partial charge on any atom is -0.385 e. The number of fused-ring (bicyclic) bond motifs is 1. The third-order valence-corrected chi connectivity index (χ3v) is 3.65. The Kier molecular flexibility index (Phi) is 5.60. The number of nitrogens with two attached hydrogens (primary N) is 1. The fraction of sp³-hybridized carbons (Fsp3) is 0.278. The van der Waals surface area contributed by atoms with Crippen LogP contribution in [0, 0.1) is 0 Å².